The monoisotopic (exact) mass is 254 g/mol. The third kappa shape index (κ3) is 4.18. The third-order valence-electron chi connectivity index (χ3n) is 2.94. The van der Waals surface area contributed by atoms with E-state index in [1.165, 1.54) is 16.5 Å². The van der Waals surface area contributed by atoms with Gasteiger partial charge in [0.25, 0.3) is 0 Å². The number of hydrogen-bond acceptors (Lipinski definition) is 2. The van der Waals surface area contributed by atoms with Gasteiger partial charge in [-0.05, 0) is 51.5 Å². The van der Waals surface area contributed by atoms with Crippen molar-refractivity contribution in [3.05, 3.63) is 47.7 Å². The number of fused-ring (bicyclic) bond motifs is 1. The summed E-state index contributed by atoms with van der Waals surface area (Å²) in [5, 5.41) is 4.69. The summed E-state index contributed by atoms with van der Waals surface area (Å²) in [4.78, 5) is 4.34. The molecule has 100 valence electrons. The van der Waals surface area contributed by atoms with Gasteiger partial charge in [0.05, 0.1) is 5.52 Å². The molecule has 0 aliphatic carbocycles. The first kappa shape index (κ1) is 13.8. The van der Waals surface area contributed by atoms with E-state index in [0.29, 0.717) is 0 Å². The van der Waals surface area contributed by atoms with Crippen LogP contribution in [0.5, 0.6) is 0 Å². The van der Waals surface area contributed by atoms with E-state index in [1.54, 1.807) is 0 Å². The van der Waals surface area contributed by atoms with Crippen molar-refractivity contribution in [3.63, 3.8) is 0 Å². The quantitative estimate of drug-likeness (QED) is 0.894. The van der Waals surface area contributed by atoms with Gasteiger partial charge in [0.2, 0.25) is 0 Å². The van der Waals surface area contributed by atoms with Crippen LogP contribution in [-0.2, 0) is 0 Å². The average molecular weight is 254 g/mol. The number of benzene rings is 1. The van der Waals surface area contributed by atoms with Crippen LogP contribution in [0.25, 0.3) is 17.0 Å². The van der Waals surface area contributed by atoms with Crippen LogP contribution < -0.4 is 5.32 Å². The molecule has 0 aliphatic heterocycles. The van der Waals surface area contributed by atoms with Crippen LogP contribution >= 0.6 is 0 Å². The first-order valence-electron chi connectivity index (χ1n) is 6.71. The Balaban J connectivity index is 2.15. The van der Waals surface area contributed by atoms with Crippen molar-refractivity contribution in [2.75, 3.05) is 6.54 Å². The predicted octanol–water partition coefficient (Wildman–Crippen LogP) is 4.03. The van der Waals surface area contributed by atoms with Crippen molar-refractivity contribution in [1.29, 1.82) is 0 Å². The number of hydrogen-bond donors (Lipinski definition) is 1. The largest absolute Gasteiger partial charge is 0.308 e. The fourth-order valence-corrected chi connectivity index (χ4v) is 1.92. The molecule has 0 unspecified atom stereocenters. The maximum atomic E-state index is 4.34. The SMILES string of the molecule is CC(=Cc1ccc2ncccc2c1)CNC(C)(C)C. The second kappa shape index (κ2) is 5.54. The molecule has 2 rings (SSSR count). The standard InChI is InChI=1S/C17H22N2/c1-13(12-19-17(2,3)4)10-14-7-8-16-15(11-14)6-5-9-18-16/h5-11,19H,12H2,1-4H3. The molecule has 2 nitrogen and oxygen atoms in total. The second-order valence-corrected chi connectivity index (χ2v) is 6.05. The summed E-state index contributed by atoms with van der Waals surface area (Å²) >= 11 is 0. The molecule has 0 bridgehead atoms. The first-order valence-corrected chi connectivity index (χ1v) is 6.71. The number of nitrogens with zero attached hydrogens (tertiary/aromatic N) is 1. The maximum absolute atomic E-state index is 4.34. The van der Waals surface area contributed by atoms with E-state index < -0.39 is 0 Å². The molecular weight excluding hydrogens is 232 g/mol. The Bertz CT molecular complexity index is 591. The maximum Gasteiger partial charge on any atom is 0.0702 e. The predicted molar refractivity (Wildman–Crippen MR) is 83.1 cm³/mol. The highest BCUT2D eigenvalue weighted by Gasteiger charge is 2.07. The fourth-order valence-electron chi connectivity index (χ4n) is 1.92. The summed E-state index contributed by atoms with van der Waals surface area (Å²) in [7, 11) is 0. The van der Waals surface area contributed by atoms with Gasteiger partial charge in [0, 0.05) is 23.7 Å². The minimum atomic E-state index is 0.155. The second-order valence-electron chi connectivity index (χ2n) is 6.05. The zero-order valence-corrected chi connectivity index (χ0v) is 12.2. The van der Waals surface area contributed by atoms with Crippen molar-refractivity contribution >= 4 is 17.0 Å². The minimum absolute atomic E-state index is 0.155. The molecule has 0 fully saturated rings. The highest BCUT2D eigenvalue weighted by Crippen LogP contribution is 2.15. The van der Waals surface area contributed by atoms with Gasteiger partial charge in [-0.3, -0.25) is 4.98 Å². The summed E-state index contributed by atoms with van der Waals surface area (Å²) in [6, 6.07) is 10.5. The van der Waals surface area contributed by atoms with Gasteiger partial charge in [0.15, 0.2) is 0 Å². The molecular formula is C17H22N2. The third-order valence-corrected chi connectivity index (χ3v) is 2.94. The van der Waals surface area contributed by atoms with Gasteiger partial charge in [0.1, 0.15) is 0 Å². The lowest BCUT2D eigenvalue weighted by Crippen LogP contribution is -2.36. The van der Waals surface area contributed by atoms with Crippen molar-refractivity contribution in [2.24, 2.45) is 0 Å². The Kier molecular flexibility index (Phi) is 4.01. The van der Waals surface area contributed by atoms with Gasteiger partial charge < -0.3 is 5.32 Å². The summed E-state index contributed by atoms with van der Waals surface area (Å²) in [5.74, 6) is 0. The molecule has 0 atom stereocenters. The average Bonchev–Trinajstić information content (AvgIpc) is 2.35. The van der Waals surface area contributed by atoms with Crippen molar-refractivity contribution in [2.45, 2.75) is 33.2 Å². The molecule has 1 aromatic heterocycles. The molecule has 0 radical (unpaired) electrons. The molecule has 1 aromatic carbocycles. The van der Waals surface area contributed by atoms with E-state index in [-0.39, 0.29) is 5.54 Å². The lowest BCUT2D eigenvalue weighted by Gasteiger charge is -2.20. The van der Waals surface area contributed by atoms with E-state index >= 15 is 0 Å². The molecule has 0 saturated carbocycles. The molecule has 2 heteroatoms. The van der Waals surface area contributed by atoms with Crippen LogP contribution in [0.4, 0.5) is 0 Å². The Morgan fingerprint density at radius 3 is 2.79 bits per heavy atom. The molecule has 1 heterocycles. The Hall–Kier alpha value is -1.67. The van der Waals surface area contributed by atoms with E-state index in [2.05, 4.69) is 68.3 Å². The number of rotatable bonds is 3. The number of aromatic nitrogens is 1. The fraction of sp³-hybridized carbons (Fsp3) is 0.353. The Morgan fingerprint density at radius 2 is 2.05 bits per heavy atom. The van der Waals surface area contributed by atoms with Crippen LogP contribution in [0.15, 0.2) is 42.1 Å². The van der Waals surface area contributed by atoms with Gasteiger partial charge in [-0.25, -0.2) is 0 Å². The normalized spacial score (nSPS) is 12.9. The molecule has 1 N–H and O–H groups in total. The highest BCUT2D eigenvalue weighted by atomic mass is 14.9. The van der Waals surface area contributed by atoms with E-state index in [0.717, 1.165) is 12.1 Å². The summed E-state index contributed by atoms with van der Waals surface area (Å²) in [5.41, 5.74) is 3.76. The van der Waals surface area contributed by atoms with Gasteiger partial charge >= 0.3 is 0 Å². The van der Waals surface area contributed by atoms with Crippen LogP contribution in [0, 0.1) is 0 Å². The minimum Gasteiger partial charge on any atom is -0.308 e. The van der Waals surface area contributed by atoms with E-state index in [1.807, 2.05) is 12.3 Å². The lowest BCUT2D eigenvalue weighted by atomic mass is 10.1. The van der Waals surface area contributed by atoms with Crippen molar-refractivity contribution < 1.29 is 0 Å². The smallest absolute Gasteiger partial charge is 0.0702 e. The molecule has 19 heavy (non-hydrogen) atoms. The number of pyridine rings is 1. The summed E-state index contributed by atoms with van der Waals surface area (Å²) in [6.45, 7) is 9.62. The first-order chi connectivity index (χ1) is 8.94. The van der Waals surface area contributed by atoms with Gasteiger partial charge in [-0.2, -0.15) is 0 Å². The molecule has 0 aliphatic rings. The van der Waals surface area contributed by atoms with Crippen LogP contribution in [0.2, 0.25) is 0 Å². The van der Waals surface area contributed by atoms with E-state index in [4.69, 9.17) is 0 Å². The number of nitrogens with one attached hydrogen (secondary N) is 1. The highest BCUT2D eigenvalue weighted by molar-refractivity contribution is 5.81. The Morgan fingerprint density at radius 1 is 1.26 bits per heavy atom. The van der Waals surface area contributed by atoms with Crippen LogP contribution in [0.3, 0.4) is 0 Å². The zero-order chi connectivity index (χ0) is 13.9. The Labute approximate surface area is 115 Å². The van der Waals surface area contributed by atoms with E-state index in [9.17, 15) is 0 Å². The molecule has 0 saturated heterocycles. The lowest BCUT2D eigenvalue weighted by molar-refractivity contribution is 0.445. The molecule has 0 amide bonds. The van der Waals surface area contributed by atoms with Gasteiger partial charge in [-0.15, -0.1) is 0 Å². The van der Waals surface area contributed by atoms with Crippen LogP contribution in [0.1, 0.15) is 33.3 Å². The van der Waals surface area contributed by atoms with Crippen molar-refractivity contribution in [1.82, 2.24) is 10.3 Å². The molecule has 2 aromatic rings. The molecule has 0 spiro atoms. The summed E-state index contributed by atoms with van der Waals surface area (Å²) < 4.78 is 0. The van der Waals surface area contributed by atoms with Crippen molar-refractivity contribution in [3.8, 4) is 0 Å². The van der Waals surface area contributed by atoms with Gasteiger partial charge in [-0.1, -0.05) is 23.8 Å². The van der Waals surface area contributed by atoms with Crippen LogP contribution in [-0.4, -0.2) is 17.1 Å². The summed E-state index contributed by atoms with van der Waals surface area (Å²) in [6.07, 6.45) is 4.06. The topological polar surface area (TPSA) is 24.9 Å². The zero-order valence-electron chi connectivity index (χ0n) is 12.2.